The fraction of sp³-hybridized carbons (Fsp3) is 0.292. The van der Waals surface area contributed by atoms with Crippen molar-refractivity contribution in [3.05, 3.63) is 66.2 Å². The Kier molecular flexibility index (Phi) is 5.48. The molecule has 172 valence electrons. The van der Waals surface area contributed by atoms with Gasteiger partial charge in [-0.15, -0.1) is 0 Å². The van der Waals surface area contributed by atoms with Crippen molar-refractivity contribution >= 4 is 26.8 Å². The third kappa shape index (κ3) is 3.82. The Bertz CT molecular complexity index is 1320. The van der Waals surface area contributed by atoms with Crippen LogP contribution >= 0.6 is 0 Å². The van der Waals surface area contributed by atoms with E-state index in [4.69, 9.17) is 19.3 Å². The maximum absolute atomic E-state index is 13.5. The minimum atomic E-state index is -3.88. The standard InChI is InChI=1S/C24H23NO7S/c1-30-19-12-18-22(16-9-5-10-17(24(16)32-18)31-13-21(26)27)23(19)25-33(28,29)20-11-4-7-14-6-2-3-8-15(14)20/h2-11,18-19,22-23,25H,12-13H2,1H3,(H,26,27). The van der Waals surface area contributed by atoms with Crippen molar-refractivity contribution in [2.45, 2.75) is 35.5 Å². The van der Waals surface area contributed by atoms with Gasteiger partial charge in [0.1, 0.15) is 6.10 Å². The summed E-state index contributed by atoms with van der Waals surface area (Å²) in [6.07, 6.45) is -0.224. The van der Waals surface area contributed by atoms with Crippen LogP contribution < -0.4 is 14.2 Å². The average molecular weight is 470 g/mol. The maximum atomic E-state index is 13.5. The fourth-order valence-corrected chi connectivity index (χ4v) is 6.41. The summed E-state index contributed by atoms with van der Waals surface area (Å²) in [4.78, 5) is 11.1. The van der Waals surface area contributed by atoms with E-state index < -0.39 is 28.6 Å². The molecule has 1 heterocycles. The summed E-state index contributed by atoms with van der Waals surface area (Å²) in [5.41, 5.74) is 0.771. The number of benzene rings is 3. The zero-order chi connectivity index (χ0) is 23.2. The molecule has 3 aromatic rings. The molecule has 0 radical (unpaired) electrons. The molecule has 2 aliphatic rings. The van der Waals surface area contributed by atoms with E-state index in [1.807, 2.05) is 30.3 Å². The second-order valence-corrected chi connectivity index (χ2v) is 9.86. The van der Waals surface area contributed by atoms with Gasteiger partial charge in [-0.25, -0.2) is 17.9 Å². The van der Waals surface area contributed by atoms with Crippen LogP contribution in [-0.2, 0) is 19.6 Å². The van der Waals surface area contributed by atoms with Crippen LogP contribution in [0.25, 0.3) is 10.8 Å². The molecule has 1 aliphatic heterocycles. The average Bonchev–Trinajstić information content (AvgIpc) is 3.33. The molecule has 8 nitrogen and oxygen atoms in total. The second kappa shape index (κ2) is 8.33. The maximum Gasteiger partial charge on any atom is 0.341 e. The molecule has 0 bridgehead atoms. The van der Waals surface area contributed by atoms with Crippen molar-refractivity contribution in [1.82, 2.24) is 4.72 Å². The molecule has 1 fully saturated rings. The summed E-state index contributed by atoms with van der Waals surface area (Å²) in [6.45, 7) is -0.493. The van der Waals surface area contributed by atoms with E-state index in [1.165, 1.54) is 0 Å². The highest BCUT2D eigenvalue weighted by molar-refractivity contribution is 7.89. The third-order valence-corrected chi connectivity index (χ3v) is 7.79. The van der Waals surface area contributed by atoms with Crippen LogP contribution in [-0.4, -0.2) is 51.5 Å². The molecule has 2 N–H and O–H groups in total. The van der Waals surface area contributed by atoms with Gasteiger partial charge in [0.05, 0.1) is 17.0 Å². The molecular formula is C24H23NO7S. The number of nitrogens with one attached hydrogen (secondary N) is 1. The smallest absolute Gasteiger partial charge is 0.341 e. The van der Waals surface area contributed by atoms with Crippen LogP contribution in [0.1, 0.15) is 17.9 Å². The van der Waals surface area contributed by atoms with E-state index in [2.05, 4.69) is 4.72 Å². The van der Waals surface area contributed by atoms with Crippen molar-refractivity contribution in [3.8, 4) is 11.5 Å². The number of aliphatic carboxylic acids is 1. The lowest BCUT2D eigenvalue weighted by Crippen LogP contribution is -2.44. The van der Waals surface area contributed by atoms with E-state index in [-0.39, 0.29) is 23.0 Å². The Morgan fingerprint density at radius 3 is 2.67 bits per heavy atom. The number of carboxylic acids is 1. The Balaban J connectivity index is 1.50. The number of carbonyl (C=O) groups is 1. The van der Waals surface area contributed by atoms with Gasteiger partial charge in [0.25, 0.3) is 0 Å². The molecule has 0 saturated heterocycles. The number of sulfonamides is 1. The molecule has 4 unspecified atom stereocenters. The topological polar surface area (TPSA) is 111 Å². The fourth-order valence-electron chi connectivity index (χ4n) is 4.89. The minimum Gasteiger partial charge on any atom is -0.485 e. The highest BCUT2D eigenvalue weighted by atomic mass is 32.2. The number of carboxylic acid groups (broad SMARTS) is 1. The molecular weight excluding hydrogens is 446 g/mol. The zero-order valence-electron chi connectivity index (χ0n) is 17.8. The molecule has 1 saturated carbocycles. The third-order valence-electron chi connectivity index (χ3n) is 6.27. The molecule has 33 heavy (non-hydrogen) atoms. The second-order valence-electron chi connectivity index (χ2n) is 8.17. The van der Waals surface area contributed by atoms with E-state index >= 15 is 0 Å². The SMILES string of the molecule is COC1CC2Oc3c(OCC(=O)O)cccc3C2C1NS(=O)(=O)c1cccc2ccccc12. The van der Waals surface area contributed by atoms with Gasteiger partial charge in [-0.2, -0.15) is 0 Å². The first-order chi connectivity index (χ1) is 15.9. The molecule has 5 rings (SSSR count). The summed E-state index contributed by atoms with van der Waals surface area (Å²) in [6, 6.07) is 17.2. The van der Waals surface area contributed by atoms with Gasteiger partial charge in [-0.3, -0.25) is 0 Å². The molecule has 3 aromatic carbocycles. The van der Waals surface area contributed by atoms with Gasteiger partial charge in [-0.05, 0) is 17.5 Å². The quantitative estimate of drug-likeness (QED) is 0.547. The van der Waals surface area contributed by atoms with E-state index in [9.17, 15) is 13.2 Å². The van der Waals surface area contributed by atoms with Crippen LogP contribution in [0.4, 0.5) is 0 Å². The van der Waals surface area contributed by atoms with Gasteiger partial charge in [0.2, 0.25) is 10.0 Å². The highest BCUT2D eigenvalue weighted by Gasteiger charge is 2.52. The minimum absolute atomic E-state index is 0.205. The normalized spacial score (nSPS) is 23.7. The van der Waals surface area contributed by atoms with Crippen molar-refractivity contribution in [3.63, 3.8) is 0 Å². The molecule has 9 heteroatoms. The predicted molar refractivity (Wildman–Crippen MR) is 120 cm³/mol. The van der Waals surface area contributed by atoms with Crippen molar-refractivity contribution in [2.24, 2.45) is 0 Å². The monoisotopic (exact) mass is 469 g/mol. The number of para-hydroxylation sites is 1. The zero-order valence-corrected chi connectivity index (χ0v) is 18.6. The molecule has 0 aromatic heterocycles. The predicted octanol–water partition coefficient (Wildman–Crippen LogP) is 2.91. The number of hydrogen-bond donors (Lipinski definition) is 2. The summed E-state index contributed by atoms with van der Waals surface area (Å²) in [7, 11) is -2.33. The Hall–Kier alpha value is -3.14. The largest absolute Gasteiger partial charge is 0.485 e. The van der Waals surface area contributed by atoms with Crippen LogP contribution in [0.15, 0.2) is 65.6 Å². The summed E-state index contributed by atoms with van der Waals surface area (Å²) in [5, 5.41) is 10.4. The number of rotatable bonds is 7. The Morgan fingerprint density at radius 2 is 1.88 bits per heavy atom. The first-order valence-corrected chi connectivity index (χ1v) is 12.0. The molecule has 4 atom stereocenters. The number of hydrogen-bond acceptors (Lipinski definition) is 6. The lowest BCUT2D eigenvalue weighted by atomic mass is 9.94. The number of methoxy groups -OCH3 is 1. The van der Waals surface area contributed by atoms with E-state index in [1.54, 1.807) is 37.4 Å². The first kappa shape index (κ1) is 21.7. The van der Waals surface area contributed by atoms with Crippen LogP contribution in [0.3, 0.4) is 0 Å². The molecule has 0 amide bonds. The van der Waals surface area contributed by atoms with Gasteiger partial charge in [0.15, 0.2) is 18.1 Å². The van der Waals surface area contributed by atoms with Crippen LogP contribution in [0.2, 0.25) is 0 Å². The van der Waals surface area contributed by atoms with Gasteiger partial charge in [0, 0.05) is 30.4 Å². The van der Waals surface area contributed by atoms with E-state index in [0.717, 1.165) is 10.9 Å². The van der Waals surface area contributed by atoms with Crippen molar-refractivity contribution in [2.75, 3.05) is 13.7 Å². The van der Waals surface area contributed by atoms with Gasteiger partial charge >= 0.3 is 5.97 Å². The number of fused-ring (bicyclic) bond motifs is 4. The lowest BCUT2D eigenvalue weighted by molar-refractivity contribution is -0.139. The first-order valence-electron chi connectivity index (χ1n) is 10.6. The summed E-state index contributed by atoms with van der Waals surface area (Å²) in [5.74, 6) is -0.611. The summed E-state index contributed by atoms with van der Waals surface area (Å²) >= 11 is 0. The van der Waals surface area contributed by atoms with Crippen molar-refractivity contribution < 1.29 is 32.5 Å². The van der Waals surface area contributed by atoms with E-state index in [0.29, 0.717) is 23.3 Å². The van der Waals surface area contributed by atoms with Gasteiger partial charge in [-0.1, -0.05) is 48.5 Å². The Labute approximate surface area is 191 Å². The Morgan fingerprint density at radius 1 is 1.12 bits per heavy atom. The van der Waals surface area contributed by atoms with Crippen LogP contribution in [0, 0.1) is 0 Å². The summed E-state index contributed by atoms with van der Waals surface area (Å²) < 4.78 is 47.0. The highest BCUT2D eigenvalue weighted by Crippen LogP contribution is 2.51. The van der Waals surface area contributed by atoms with Gasteiger partial charge < -0.3 is 19.3 Å². The van der Waals surface area contributed by atoms with Crippen molar-refractivity contribution in [1.29, 1.82) is 0 Å². The molecule has 1 aliphatic carbocycles. The number of ether oxygens (including phenoxy) is 3. The van der Waals surface area contributed by atoms with Crippen LogP contribution in [0.5, 0.6) is 11.5 Å². The molecule has 0 spiro atoms. The lowest BCUT2D eigenvalue weighted by Gasteiger charge is -2.24.